The lowest BCUT2D eigenvalue weighted by molar-refractivity contribution is 1.02. The third-order valence-electron chi connectivity index (χ3n) is 2.43. The van der Waals surface area contributed by atoms with E-state index >= 15 is 0 Å². The maximum absolute atomic E-state index is 4.49. The van der Waals surface area contributed by atoms with E-state index in [1.165, 1.54) is 15.4 Å². The highest BCUT2D eigenvalue weighted by Gasteiger charge is 2.08. The Morgan fingerprint density at radius 2 is 1.88 bits per heavy atom. The Labute approximate surface area is 115 Å². The van der Waals surface area contributed by atoms with Crippen LogP contribution in [0.3, 0.4) is 0 Å². The van der Waals surface area contributed by atoms with Crippen LogP contribution in [0.1, 0.15) is 32.3 Å². The molecule has 2 rings (SSSR count). The second kappa shape index (κ2) is 7.67. The first-order chi connectivity index (χ1) is 8.27. The normalized spacial score (nSPS) is 14.4. The van der Waals surface area contributed by atoms with Crippen molar-refractivity contribution in [3.63, 3.8) is 0 Å². The van der Waals surface area contributed by atoms with Gasteiger partial charge in [0.2, 0.25) is 0 Å². The molecule has 0 aromatic heterocycles. The van der Waals surface area contributed by atoms with E-state index in [1.54, 1.807) is 0 Å². The second-order valence-electron chi connectivity index (χ2n) is 3.62. The predicted octanol–water partition coefficient (Wildman–Crippen LogP) is 5.60. The third kappa shape index (κ3) is 4.29. The molecule has 0 unspecified atom stereocenters. The molecule has 0 bridgehead atoms. The smallest absolute Gasteiger partial charge is 0.0148 e. The molecular formula is C15H20S2. The zero-order valence-corrected chi connectivity index (χ0v) is 12.4. The summed E-state index contributed by atoms with van der Waals surface area (Å²) in [5.74, 6) is 0. The summed E-state index contributed by atoms with van der Waals surface area (Å²) in [4.78, 5) is 3.85. The Kier molecular flexibility index (Phi) is 6.53. The van der Waals surface area contributed by atoms with Crippen LogP contribution in [0.2, 0.25) is 0 Å². The van der Waals surface area contributed by atoms with Gasteiger partial charge in [-0.2, -0.15) is 0 Å². The molecule has 0 amide bonds. The van der Waals surface area contributed by atoms with Gasteiger partial charge in [-0.15, -0.1) is 12.6 Å². The lowest BCUT2D eigenvalue weighted by Crippen LogP contribution is -1.88. The van der Waals surface area contributed by atoms with E-state index in [4.69, 9.17) is 0 Å². The van der Waals surface area contributed by atoms with Gasteiger partial charge in [-0.05, 0) is 31.4 Å². The van der Waals surface area contributed by atoms with Crippen molar-refractivity contribution >= 4 is 24.4 Å². The summed E-state index contributed by atoms with van der Waals surface area (Å²) in [5, 5.41) is 0. The first kappa shape index (κ1) is 14.5. The average molecular weight is 264 g/mol. The summed E-state index contributed by atoms with van der Waals surface area (Å²) in [5.41, 5.74) is 1.34. The van der Waals surface area contributed by atoms with Crippen molar-refractivity contribution in [2.45, 2.75) is 38.5 Å². The number of benzene rings is 1. The summed E-state index contributed by atoms with van der Waals surface area (Å²) in [6.07, 6.45) is 6.55. The Morgan fingerprint density at radius 1 is 1.18 bits per heavy atom. The number of thiol groups is 1. The van der Waals surface area contributed by atoms with Crippen LogP contribution in [0, 0.1) is 6.92 Å². The van der Waals surface area contributed by atoms with Crippen LogP contribution in [0.25, 0.3) is 0 Å². The van der Waals surface area contributed by atoms with Crippen LogP contribution >= 0.6 is 24.4 Å². The van der Waals surface area contributed by atoms with Gasteiger partial charge in [0.25, 0.3) is 0 Å². The molecule has 0 heterocycles. The topological polar surface area (TPSA) is 0 Å². The second-order valence-corrected chi connectivity index (χ2v) is 5.24. The lowest BCUT2D eigenvalue weighted by Gasteiger charge is -2.13. The maximum atomic E-state index is 4.49. The maximum Gasteiger partial charge on any atom is 0.0148 e. The van der Waals surface area contributed by atoms with E-state index in [9.17, 15) is 0 Å². The zero-order valence-electron chi connectivity index (χ0n) is 10.7. The van der Waals surface area contributed by atoms with E-state index < -0.39 is 0 Å². The first-order valence-corrected chi connectivity index (χ1v) is 7.36. The summed E-state index contributed by atoms with van der Waals surface area (Å²) < 4.78 is 0. The van der Waals surface area contributed by atoms with Gasteiger partial charge in [0.05, 0.1) is 0 Å². The Hall–Kier alpha value is -0.600. The van der Waals surface area contributed by atoms with Crippen LogP contribution in [0.4, 0.5) is 0 Å². The van der Waals surface area contributed by atoms with Crippen molar-refractivity contribution in [3.8, 4) is 0 Å². The van der Waals surface area contributed by atoms with E-state index in [0.717, 1.165) is 17.7 Å². The standard InChI is InChI=1S/C13H14S2.C2H6/c1-10-6-2-4-8-12(10)15-13-9-5-3-7-11(13)14;1-2/h2-4,6-8,14H,5,9H2,1H3;1-2H3. The zero-order chi connectivity index (χ0) is 12.7. The Balaban J connectivity index is 0.000000686. The van der Waals surface area contributed by atoms with Crippen LogP contribution in [-0.4, -0.2) is 0 Å². The van der Waals surface area contributed by atoms with Crippen molar-refractivity contribution in [2.75, 3.05) is 0 Å². The average Bonchev–Trinajstić information content (AvgIpc) is 2.37. The molecular weight excluding hydrogens is 244 g/mol. The molecule has 0 saturated heterocycles. The van der Waals surface area contributed by atoms with Crippen LogP contribution in [-0.2, 0) is 0 Å². The highest BCUT2D eigenvalue weighted by Crippen LogP contribution is 2.37. The highest BCUT2D eigenvalue weighted by molar-refractivity contribution is 8.03. The van der Waals surface area contributed by atoms with Gasteiger partial charge in [0.15, 0.2) is 0 Å². The minimum absolute atomic E-state index is 1.12. The summed E-state index contributed by atoms with van der Waals surface area (Å²) in [7, 11) is 0. The van der Waals surface area contributed by atoms with Gasteiger partial charge in [0.1, 0.15) is 0 Å². The fourth-order valence-electron chi connectivity index (χ4n) is 1.54. The number of hydrogen-bond acceptors (Lipinski definition) is 2. The molecule has 1 aliphatic rings. The van der Waals surface area contributed by atoms with E-state index in [1.807, 2.05) is 25.6 Å². The third-order valence-corrected chi connectivity index (χ3v) is 4.34. The SMILES string of the molecule is CC.Cc1ccccc1SC1=C(S)C=CCC1. The molecule has 2 heteroatoms. The van der Waals surface area contributed by atoms with Crippen LogP contribution < -0.4 is 0 Å². The number of rotatable bonds is 2. The minimum atomic E-state index is 1.12. The lowest BCUT2D eigenvalue weighted by atomic mass is 10.2. The van der Waals surface area contributed by atoms with Crippen molar-refractivity contribution in [1.29, 1.82) is 0 Å². The van der Waals surface area contributed by atoms with Crippen molar-refractivity contribution in [1.82, 2.24) is 0 Å². The quantitative estimate of drug-likeness (QED) is 0.678. The molecule has 1 aliphatic carbocycles. The van der Waals surface area contributed by atoms with Crippen molar-refractivity contribution in [2.24, 2.45) is 0 Å². The summed E-state index contributed by atoms with van der Waals surface area (Å²) in [6.45, 7) is 6.15. The number of thioether (sulfide) groups is 1. The molecule has 0 fully saturated rings. The van der Waals surface area contributed by atoms with Gasteiger partial charge in [-0.3, -0.25) is 0 Å². The summed E-state index contributed by atoms with van der Waals surface area (Å²) >= 11 is 6.34. The molecule has 0 radical (unpaired) electrons. The van der Waals surface area contributed by atoms with Gasteiger partial charge in [0, 0.05) is 14.7 Å². The molecule has 0 nitrogen and oxygen atoms in total. The number of aryl methyl sites for hydroxylation is 1. The summed E-state index contributed by atoms with van der Waals surface area (Å²) in [6, 6.07) is 8.50. The largest absolute Gasteiger partial charge is 0.143 e. The molecule has 0 N–H and O–H groups in total. The number of allylic oxidation sites excluding steroid dienone is 3. The molecule has 1 aromatic rings. The predicted molar refractivity (Wildman–Crippen MR) is 82.8 cm³/mol. The molecule has 0 atom stereocenters. The van der Waals surface area contributed by atoms with Gasteiger partial charge in [-0.25, -0.2) is 0 Å². The molecule has 0 spiro atoms. The van der Waals surface area contributed by atoms with Crippen molar-refractivity contribution in [3.05, 3.63) is 51.8 Å². The van der Waals surface area contributed by atoms with E-state index in [-0.39, 0.29) is 0 Å². The first-order valence-electron chi connectivity index (χ1n) is 6.09. The van der Waals surface area contributed by atoms with Gasteiger partial charge in [-0.1, -0.05) is 56.0 Å². The van der Waals surface area contributed by atoms with E-state index in [2.05, 4.69) is 56.0 Å². The van der Waals surface area contributed by atoms with Crippen molar-refractivity contribution < 1.29 is 0 Å². The molecule has 0 aliphatic heterocycles. The van der Waals surface area contributed by atoms with Gasteiger partial charge >= 0.3 is 0 Å². The molecule has 1 aromatic carbocycles. The molecule has 17 heavy (non-hydrogen) atoms. The van der Waals surface area contributed by atoms with Gasteiger partial charge < -0.3 is 0 Å². The fraction of sp³-hybridized carbons (Fsp3) is 0.333. The minimum Gasteiger partial charge on any atom is -0.143 e. The number of hydrogen-bond donors (Lipinski definition) is 1. The fourth-order valence-corrected chi connectivity index (χ4v) is 2.93. The highest BCUT2D eigenvalue weighted by atomic mass is 32.2. The monoisotopic (exact) mass is 264 g/mol. The molecule has 92 valence electrons. The van der Waals surface area contributed by atoms with Crippen LogP contribution in [0.15, 0.2) is 51.1 Å². The van der Waals surface area contributed by atoms with E-state index in [0.29, 0.717) is 0 Å². The molecule has 0 saturated carbocycles. The van der Waals surface area contributed by atoms with Crippen LogP contribution in [0.5, 0.6) is 0 Å². The Bertz CT molecular complexity index is 417. The Morgan fingerprint density at radius 3 is 2.53 bits per heavy atom.